The first-order valence-corrected chi connectivity index (χ1v) is 10.0. The van der Waals surface area contributed by atoms with Gasteiger partial charge in [0.05, 0.1) is 17.5 Å². The molecule has 0 fully saturated rings. The molecule has 26 heavy (non-hydrogen) atoms. The molecule has 0 spiro atoms. The van der Waals surface area contributed by atoms with Crippen LogP contribution in [0.5, 0.6) is 5.75 Å². The lowest BCUT2D eigenvalue weighted by molar-refractivity contribution is -0.121. The number of hydrogen-bond acceptors (Lipinski definition) is 4. The molecule has 1 aliphatic rings. The Bertz CT molecular complexity index is 879. The van der Waals surface area contributed by atoms with Crippen LogP contribution in [0.25, 0.3) is 0 Å². The van der Waals surface area contributed by atoms with Crippen LogP contribution in [0.15, 0.2) is 53.4 Å². The van der Waals surface area contributed by atoms with E-state index in [2.05, 4.69) is 10.0 Å². The summed E-state index contributed by atoms with van der Waals surface area (Å²) in [4.78, 5) is 12.4. The fourth-order valence-corrected chi connectivity index (χ4v) is 3.89. The van der Waals surface area contributed by atoms with Gasteiger partial charge in [0.2, 0.25) is 15.9 Å². The van der Waals surface area contributed by atoms with E-state index in [0.717, 1.165) is 16.9 Å². The Labute approximate surface area is 153 Å². The van der Waals surface area contributed by atoms with Crippen molar-refractivity contribution in [2.24, 2.45) is 0 Å². The van der Waals surface area contributed by atoms with Crippen LogP contribution >= 0.6 is 0 Å². The average Bonchev–Trinajstić information content (AvgIpc) is 2.62. The number of sulfonamides is 1. The van der Waals surface area contributed by atoms with Crippen molar-refractivity contribution in [1.82, 2.24) is 10.0 Å². The van der Waals surface area contributed by atoms with E-state index in [1.165, 1.54) is 0 Å². The Morgan fingerprint density at radius 2 is 1.88 bits per heavy atom. The molecule has 7 heteroatoms. The third-order valence-electron chi connectivity index (χ3n) is 4.27. The lowest BCUT2D eigenvalue weighted by Gasteiger charge is -2.26. The quantitative estimate of drug-likeness (QED) is 0.813. The summed E-state index contributed by atoms with van der Waals surface area (Å²) >= 11 is 0. The Balaban J connectivity index is 1.53. The Morgan fingerprint density at radius 1 is 1.15 bits per heavy atom. The molecule has 1 amide bonds. The summed E-state index contributed by atoms with van der Waals surface area (Å²) in [6.45, 7) is 2.48. The molecule has 0 saturated heterocycles. The molecule has 0 radical (unpaired) electrons. The second-order valence-electron chi connectivity index (χ2n) is 6.26. The highest BCUT2D eigenvalue weighted by molar-refractivity contribution is 7.89. The molecular formula is C19H22N2O4S. The Hall–Kier alpha value is -2.38. The van der Waals surface area contributed by atoms with Crippen molar-refractivity contribution in [3.63, 3.8) is 0 Å². The molecule has 1 atom stereocenters. The lowest BCUT2D eigenvalue weighted by Crippen LogP contribution is -2.35. The predicted molar refractivity (Wildman–Crippen MR) is 98.4 cm³/mol. The third kappa shape index (κ3) is 4.42. The molecule has 2 aromatic carbocycles. The van der Waals surface area contributed by atoms with E-state index in [1.807, 2.05) is 31.2 Å². The molecule has 6 nitrogen and oxygen atoms in total. The number of benzene rings is 2. The van der Waals surface area contributed by atoms with E-state index in [-0.39, 0.29) is 29.8 Å². The number of para-hydroxylation sites is 1. The fraction of sp³-hybridized carbons (Fsp3) is 0.316. The molecule has 0 bridgehead atoms. The van der Waals surface area contributed by atoms with E-state index < -0.39 is 10.0 Å². The number of fused-ring (bicyclic) bond motifs is 1. The minimum absolute atomic E-state index is 0.0485. The van der Waals surface area contributed by atoms with Gasteiger partial charge in [0.1, 0.15) is 5.75 Å². The fourth-order valence-electron chi connectivity index (χ4n) is 2.86. The smallest absolute Gasteiger partial charge is 0.240 e. The second kappa shape index (κ2) is 7.88. The molecule has 1 unspecified atom stereocenters. The number of amides is 1. The van der Waals surface area contributed by atoms with E-state index >= 15 is 0 Å². The first kappa shape index (κ1) is 18.4. The molecule has 0 saturated carbocycles. The molecular weight excluding hydrogens is 352 g/mol. The maximum atomic E-state index is 12.2. The summed E-state index contributed by atoms with van der Waals surface area (Å²) < 4.78 is 32.5. The molecule has 2 N–H and O–H groups in total. The SMILES string of the molecule is Cc1ccc(S(=O)(=O)NCCC(=O)NC2CCOc3ccccc32)cc1. The minimum Gasteiger partial charge on any atom is -0.493 e. The van der Waals surface area contributed by atoms with Gasteiger partial charge >= 0.3 is 0 Å². The molecule has 2 aromatic rings. The van der Waals surface area contributed by atoms with Gasteiger partial charge in [-0.1, -0.05) is 35.9 Å². The summed E-state index contributed by atoms with van der Waals surface area (Å²) in [6.07, 6.45) is 0.766. The van der Waals surface area contributed by atoms with E-state index in [4.69, 9.17) is 4.74 Å². The first-order valence-electron chi connectivity index (χ1n) is 8.53. The van der Waals surface area contributed by atoms with Crippen LogP contribution in [0.1, 0.15) is 30.0 Å². The van der Waals surface area contributed by atoms with Gasteiger partial charge in [-0.05, 0) is 25.1 Å². The van der Waals surface area contributed by atoms with Gasteiger partial charge in [-0.3, -0.25) is 4.79 Å². The third-order valence-corrected chi connectivity index (χ3v) is 5.75. The van der Waals surface area contributed by atoms with Crippen LogP contribution in [0, 0.1) is 6.92 Å². The maximum absolute atomic E-state index is 12.2. The van der Waals surface area contributed by atoms with Crippen LogP contribution in [-0.4, -0.2) is 27.5 Å². The van der Waals surface area contributed by atoms with Crippen molar-refractivity contribution < 1.29 is 17.9 Å². The van der Waals surface area contributed by atoms with Crippen LogP contribution in [-0.2, 0) is 14.8 Å². The van der Waals surface area contributed by atoms with Gasteiger partial charge in [-0.25, -0.2) is 13.1 Å². The van der Waals surface area contributed by atoms with Crippen LogP contribution in [0.3, 0.4) is 0 Å². The number of hydrogen-bond donors (Lipinski definition) is 2. The number of rotatable bonds is 6. The number of nitrogens with one attached hydrogen (secondary N) is 2. The normalized spacial score (nSPS) is 16.4. The van der Waals surface area contributed by atoms with E-state index in [1.54, 1.807) is 24.3 Å². The summed E-state index contributed by atoms with van der Waals surface area (Å²) in [5, 5.41) is 2.95. The van der Waals surface area contributed by atoms with Crippen LogP contribution in [0.2, 0.25) is 0 Å². The molecule has 1 aliphatic heterocycles. The minimum atomic E-state index is -3.60. The van der Waals surface area contributed by atoms with Crippen molar-refractivity contribution in [3.05, 3.63) is 59.7 Å². The lowest BCUT2D eigenvalue weighted by atomic mass is 10.0. The van der Waals surface area contributed by atoms with Crippen LogP contribution < -0.4 is 14.8 Å². The van der Waals surface area contributed by atoms with Gasteiger partial charge in [-0.2, -0.15) is 0 Å². The van der Waals surface area contributed by atoms with Crippen molar-refractivity contribution in [1.29, 1.82) is 0 Å². The first-order chi connectivity index (χ1) is 12.5. The van der Waals surface area contributed by atoms with Gasteiger partial charge in [0, 0.05) is 24.9 Å². The van der Waals surface area contributed by atoms with E-state index in [0.29, 0.717) is 13.0 Å². The van der Waals surface area contributed by atoms with Crippen molar-refractivity contribution in [3.8, 4) is 5.75 Å². The topological polar surface area (TPSA) is 84.5 Å². The molecule has 0 aliphatic carbocycles. The molecule has 3 rings (SSSR count). The zero-order chi connectivity index (χ0) is 18.6. The monoisotopic (exact) mass is 374 g/mol. The molecule has 0 aromatic heterocycles. The maximum Gasteiger partial charge on any atom is 0.240 e. The molecule has 1 heterocycles. The number of aryl methyl sites for hydroxylation is 1. The number of carbonyl (C=O) groups is 1. The van der Waals surface area contributed by atoms with Crippen LogP contribution in [0.4, 0.5) is 0 Å². The summed E-state index contributed by atoms with van der Waals surface area (Å²) in [5.41, 5.74) is 1.94. The highest BCUT2D eigenvalue weighted by atomic mass is 32.2. The second-order valence-corrected chi connectivity index (χ2v) is 8.02. The van der Waals surface area contributed by atoms with Gasteiger partial charge in [0.15, 0.2) is 0 Å². The van der Waals surface area contributed by atoms with Gasteiger partial charge in [-0.15, -0.1) is 0 Å². The Kier molecular flexibility index (Phi) is 5.58. The molecule has 138 valence electrons. The summed E-state index contributed by atoms with van der Waals surface area (Å²) in [5.74, 6) is 0.586. The largest absolute Gasteiger partial charge is 0.493 e. The van der Waals surface area contributed by atoms with Gasteiger partial charge < -0.3 is 10.1 Å². The number of carbonyl (C=O) groups excluding carboxylic acids is 1. The van der Waals surface area contributed by atoms with E-state index in [9.17, 15) is 13.2 Å². The summed E-state index contributed by atoms with van der Waals surface area (Å²) in [6, 6.07) is 14.1. The summed E-state index contributed by atoms with van der Waals surface area (Å²) in [7, 11) is -3.60. The zero-order valence-corrected chi connectivity index (χ0v) is 15.4. The average molecular weight is 374 g/mol. The highest BCUT2D eigenvalue weighted by Crippen LogP contribution is 2.31. The predicted octanol–water partition coefficient (Wildman–Crippen LogP) is 2.30. The Morgan fingerprint density at radius 3 is 2.65 bits per heavy atom. The van der Waals surface area contributed by atoms with Crippen molar-refractivity contribution >= 4 is 15.9 Å². The highest BCUT2D eigenvalue weighted by Gasteiger charge is 2.22. The standard InChI is InChI=1S/C19H22N2O4S/c1-14-6-8-15(9-7-14)26(23,24)20-12-10-19(22)21-17-11-13-25-18-5-3-2-4-16(17)18/h2-9,17,20H,10-13H2,1H3,(H,21,22). The van der Waals surface area contributed by atoms with Gasteiger partial charge in [0.25, 0.3) is 0 Å². The zero-order valence-electron chi connectivity index (χ0n) is 14.6. The van der Waals surface area contributed by atoms with Crippen molar-refractivity contribution in [2.45, 2.75) is 30.7 Å². The van der Waals surface area contributed by atoms with Crippen molar-refractivity contribution in [2.75, 3.05) is 13.2 Å². The number of ether oxygens (including phenoxy) is 1.